The van der Waals surface area contributed by atoms with Crippen LogP contribution in [-0.4, -0.2) is 13.9 Å². The van der Waals surface area contributed by atoms with Gasteiger partial charge in [-0.3, -0.25) is 0 Å². The van der Waals surface area contributed by atoms with Gasteiger partial charge in [0.05, 0.1) is 7.11 Å². The van der Waals surface area contributed by atoms with E-state index in [9.17, 15) is 0 Å². The Balaban J connectivity index is 1.65. The molecule has 0 amide bonds. The fourth-order valence-corrected chi connectivity index (χ4v) is 1.96. The number of rotatable bonds is 4. The number of anilines is 1. The molecule has 4 nitrogen and oxygen atoms in total. The predicted octanol–water partition coefficient (Wildman–Crippen LogP) is 3.04. The summed E-state index contributed by atoms with van der Waals surface area (Å²) < 4.78 is 15.8. The molecule has 98 valence electrons. The van der Waals surface area contributed by atoms with Crippen molar-refractivity contribution in [2.75, 3.05) is 19.2 Å². The zero-order chi connectivity index (χ0) is 13.1. The lowest BCUT2D eigenvalue weighted by molar-refractivity contribution is 0.174. The van der Waals surface area contributed by atoms with Crippen molar-refractivity contribution in [3.63, 3.8) is 0 Å². The molecule has 19 heavy (non-hydrogen) atoms. The molecule has 1 aliphatic rings. The average molecular weight is 257 g/mol. The van der Waals surface area contributed by atoms with Crippen molar-refractivity contribution in [1.82, 2.24) is 0 Å². The highest BCUT2D eigenvalue weighted by molar-refractivity contribution is 5.49. The van der Waals surface area contributed by atoms with Gasteiger partial charge in [0, 0.05) is 12.2 Å². The molecular formula is C15H15NO3. The molecule has 0 radical (unpaired) electrons. The summed E-state index contributed by atoms with van der Waals surface area (Å²) in [5.74, 6) is 2.48. The average Bonchev–Trinajstić information content (AvgIpc) is 2.93. The van der Waals surface area contributed by atoms with Crippen LogP contribution in [0, 0.1) is 0 Å². The van der Waals surface area contributed by atoms with Gasteiger partial charge in [-0.25, -0.2) is 0 Å². The standard InChI is InChI=1S/C15H15NO3/c1-17-13-5-3-12(4-6-13)16-9-11-2-7-14-15(8-11)19-10-18-14/h2-8,16H,9-10H2,1H3. The zero-order valence-electron chi connectivity index (χ0n) is 10.7. The molecule has 3 rings (SSSR count). The van der Waals surface area contributed by atoms with Gasteiger partial charge in [0.15, 0.2) is 11.5 Å². The highest BCUT2D eigenvalue weighted by Gasteiger charge is 2.12. The van der Waals surface area contributed by atoms with E-state index in [1.807, 2.05) is 42.5 Å². The van der Waals surface area contributed by atoms with Crippen LogP contribution < -0.4 is 19.5 Å². The number of nitrogens with one attached hydrogen (secondary N) is 1. The number of hydrogen-bond donors (Lipinski definition) is 1. The first-order valence-electron chi connectivity index (χ1n) is 6.11. The van der Waals surface area contributed by atoms with Gasteiger partial charge in [0.2, 0.25) is 6.79 Å². The Kier molecular flexibility index (Phi) is 3.14. The van der Waals surface area contributed by atoms with Crippen LogP contribution in [-0.2, 0) is 6.54 Å². The number of benzene rings is 2. The van der Waals surface area contributed by atoms with Gasteiger partial charge >= 0.3 is 0 Å². The summed E-state index contributed by atoms with van der Waals surface area (Å²) in [5.41, 5.74) is 2.21. The van der Waals surface area contributed by atoms with Gasteiger partial charge in [-0.2, -0.15) is 0 Å². The highest BCUT2D eigenvalue weighted by Crippen LogP contribution is 2.32. The van der Waals surface area contributed by atoms with Crippen LogP contribution in [0.1, 0.15) is 5.56 Å². The maximum absolute atomic E-state index is 5.35. The van der Waals surface area contributed by atoms with E-state index in [0.29, 0.717) is 6.79 Å². The minimum absolute atomic E-state index is 0.310. The van der Waals surface area contributed by atoms with Crippen LogP contribution >= 0.6 is 0 Å². The minimum Gasteiger partial charge on any atom is -0.497 e. The fourth-order valence-electron chi connectivity index (χ4n) is 1.96. The van der Waals surface area contributed by atoms with E-state index in [1.54, 1.807) is 7.11 Å². The largest absolute Gasteiger partial charge is 0.497 e. The number of ether oxygens (including phenoxy) is 3. The van der Waals surface area contributed by atoms with E-state index in [-0.39, 0.29) is 0 Å². The molecule has 1 N–H and O–H groups in total. The van der Waals surface area contributed by atoms with E-state index in [1.165, 1.54) is 0 Å². The lowest BCUT2D eigenvalue weighted by atomic mass is 10.2. The SMILES string of the molecule is COc1ccc(NCc2ccc3c(c2)OCO3)cc1. The quantitative estimate of drug-likeness (QED) is 0.913. The maximum atomic E-state index is 5.35. The Morgan fingerprint density at radius 2 is 1.84 bits per heavy atom. The molecular weight excluding hydrogens is 242 g/mol. The van der Waals surface area contributed by atoms with E-state index >= 15 is 0 Å². The van der Waals surface area contributed by atoms with E-state index in [2.05, 4.69) is 5.32 Å². The van der Waals surface area contributed by atoms with Crippen molar-refractivity contribution in [1.29, 1.82) is 0 Å². The Hall–Kier alpha value is -2.36. The highest BCUT2D eigenvalue weighted by atomic mass is 16.7. The molecule has 0 unspecified atom stereocenters. The molecule has 4 heteroatoms. The molecule has 0 spiro atoms. The molecule has 0 saturated heterocycles. The van der Waals surface area contributed by atoms with Gasteiger partial charge in [0.1, 0.15) is 5.75 Å². The van der Waals surface area contributed by atoms with Gasteiger partial charge in [0.25, 0.3) is 0 Å². The molecule has 2 aromatic rings. The molecule has 0 atom stereocenters. The summed E-state index contributed by atoms with van der Waals surface area (Å²) in [7, 11) is 1.66. The molecule has 1 aliphatic heterocycles. The fraction of sp³-hybridized carbons (Fsp3) is 0.200. The lowest BCUT2D eigenvalue weighted by Gasteiger charge is -2.08. The molecule has 1 heterocycles. The van der Waals surface area contributed by atoms with Crippen molar-refractivity contribution in [2.24, 2.45) is 0 Å². The molecule has 0 aliphatic carbocycles. The van der Waals surface area contributed by atoms with Crippen molar-refractivity contribution < 1.29 is 14.2 Å². The van der Waals surface area contributed by atoms with E-state index in [0.717, 1.165) is 35.0 Å². The van der Waals surface area contributed by atoms with Crippen LogP contribution in [0.3, 0.4) is 0 Å². The van der Waals surface area contributed by atoms with Crippen molar-refractivity contribution >= 4 is 5.69 Å². The molecule has 2 aromatic carbocycles. The van der Waals surface area contributed by atoms with Gasteiger partial charge in [-0.05, 0) is 42.0 Å². The van der Waals surface area contributed by atoms with Crippen LogP contribution in [0.2, 0.25) is 0 Å². The zero-order valence-corrected chi connectivity index (χ0v) is 10.7. The maximum Gasteiger partial charge on any atom is 0.231 e. The van der Waals surface area contributed by atoms with E-state index in [4.69, 9.17) is 14.2 Å². The summed E-state index contributed by atoms with van der Waals surface area (Å²) in [6.45, 7) is 1.05. The Morgan fingerprint density at radius 3 is 2.63 bits per heavy atom. The van der Waals surface area contributed by atoms with Crippen molar-refractivity contribution in [3.05, 3.63) is 48.0 Å². The topological polar surface area (TPSA) is 39.7 Å². The van der Waals surface area contributed by atoms with Crippen LogP contribution in [0.5, 0.6) is 17.2 Å². The Labute approximate surface area is 111 Å². The number of fused-ring (bicyclic) bond motifs is 1. The first kappa shape index (κ1) is 11.7. The first-order chi connectivity index (χ1) is 9.35. The van der Waals surface area contributed by atoms with Crippen LogP contribution in [0.15, 0.2) is 42.5 Å². The third-order valence-electron chi connectivity index (χ3n) is 3.02. The van der Waals surface area contributed by atoms with Crippen molar-refractivity contribution in [2.45, 2.75) is 6.54 Å². The van der Waals surface area contributed by atoms with Gasteiger partial charge in [-0.1, -0.05) is 6.07 Å². The molecule has 0 aromatic heterocycles. The third-order valence-corrected chi connectivity index (χ3v) is 3.02. The van der Waals surface area contributed by atoms with Gasteiger partial charge in [-0.15, -0.1) is 0 Å². The lowest BCUT2D eigenvalue weighted by Crippen LogP contribution is -1.99. The molecule has 0 bridgehead atoms. The first-order valence-corrected chi connectivity index (χ1v) is 6.11. The minimum atomic E-state index is 0.310. The predicted molar refractivity (Wildman–Crippen MR) is 72.9 cm³/mol. The van der Waals surface area contributed by atoms with E-state index < -0.39 is 0 Å². The van der Waals surface area contributed by atoms with Crippen molar-refractivity contribution in [3.8, 4) is 17.2 Å². The van der Waals surface area contributed by atoms with Crippen LogP contribution in [0.4, 0.5) is 5.69 Å². The Bertz CT molecular complexity index is 566. The van der Waals surface area contributed by atoms with Gasteiger partial charge < -0.3 is 19.5 Å². The van der Waals surface area contributed by atoms with Crippen LogP contribution in [0.25, 0.3) is 0 Å². The second-order valence-electron chi connectivity index (χ2n) is 4.27. The molecule has 0 fully saturated rings. The second kappa shape index (κ2) is 5.10. The normalized spacial score (nSPS) is 12.3. The number of hydrogen-bond acceptors (Lipinski definition) is 4. The number of methoxy groups -OCH3 is 1. The smallest absolute Gasteiger partial charge is 0.231 e. The summed E-state index contributed by atoms with van der Waals surface area (Å²) in [5, 5.41) is 3.35. The second-order valence-corrected chi connectivity index (χ2v) is 4.27. The Morgan fingerprint density at radius 1 is 1.05 bits per heavy atom. The third kappa shape index (κ3) is 2.57. The monoisotopic (exact) mass is 257 g/mol. The summed E-state index contributed by atoms with van der Waals surface area (Å²) in [6.07, 6.45) is 0. The molecule has 0 saturated carbocycles. The summed E-state index contributed by atoms with van der Waals surface area (Å²) in [4.78, 5) is 0. The summed E-state index contributed by atoms with van der Waals surface area (Å²) in [6, 6.07) is 13.8. The summed E-state index contributed by atoms with van der Waals surface area (Å²) >= 11 is 0.